The number of nitrogens with zero attached hydrogens (tertiary/aromatic N) is 1. The number of hydrogen-bond acceptors (Lipinski definition) is 3. The lowest BCUT2D eigenvalue weighted by Crippen LogP contribution is -2.40. The van der Waals surface area contributed by atoms with Crippen LogP contribution in [0.2, 0.25) is 0 Å². The van der Waals surface area contributed by atoms with E-state index in [0.29, 0.717) is 5.69 Å². The van der Waals surface area contributed by atoms with Gasteiger partial charge in [0.05, 0.1) is 6.04 Å². The molecule has 116 valence electrons. The minimum Gasteiger partial charge on any atom is -0.406 e. The number of benzene rings is 1. The fourth-order valence-corrected chi connectivity index (χ4v) is 2.28. The molecule has 2 rings (SSSR count). The lowest BCUT2D eigenvalue weighted by atomic mass is 10.2. The summed E-state index contributed by atoms with van der Waals surface area (Å²) in [6.07, 6.45) is -2.54. The monoisotopic (exact) mass is 302 g/mol. The largest absolute Gasteiger partial charge is 0.573 e. The van der Waals surface area contributed by atoms with Crippen molar-refractivity contribution in [2.45, 2.75) is 32.2 Å². The molecule has 21 heavy (non-hydrogen) atoms. The van der Waals surface area contributed by atoms with E-state index in [1.54, 1.807) is 0 Å². The van der Waals surface area contributed by atoms with Gasteiger partial charge in [0, 0.05) is 5.69 Å². The molecule has 0 saturated carbocycles. The third-order valence-corrected chi connectivity index (χ3v) is 3.42. The van der Waals surface area contributed by atoms with Gasteiger partial charge in [-0.3, -0.25) is 9.69 Å². The molecule has 0 aromatic heterocycles. The van der Waals surface area contributed by atoms with Crippen molar-refractivity contribution in [2.75, 3.05) is 18.4 Å². The van der Waals surface area contributed by atoms with Crippen LogP contribution in [-0.2, 0) is 4.79 Å². The highest BCUT2D eigenvalue weighted by Gasteiger charge is 2.31. The summed E-state index contributed by atoms with van der Waals surface area (Å²) >= 11 is 0. The topological polar surface area (TPSA) is 41.6 Å². The zero-order valence-corrected chi connectivity index (χ0v) is 11.6. The molecule has 7 heteroatoms. The van der Waals surface area contributed by atoms with E-state index in [4.69, 9.17) is 0 Å². The van der Waals surface area contributed by atoms with Crippen LogP contribution in [0.4, 0.5) is 18.9 Å². The molecule has 0 spiro atoms. The fraction of sp³-hybridized carbons (Fsp3) is 0.500. The molecule has 4 nitrogen and oxygen atoms in total. The Labute approximate surface area is 120 Å². The summed E-state index contributed by atoms with van der Waals surface area (Å²) in [4.78, 5) is 14.1. The molecule has 0 aliphatic carbocycles. The molecule has 1 fully saturated rings. The van der Waals surface area contributed by atoms with Gasteiger partial charge in [-0.25, -0.2) is 0 Å². The van der Waals surface area contributed by atoms with E-state index in [1.807, 2.05) is 6.92 Å². The number of carbonyl (C=O) groups is 1. The quantitative estimate of drug-likeness (QED) is 0.929. The van der Waals surface area contributed by atoms with Crippen LogP contribution >= 0.6 is 0 Å². The number of carbonyl (C=O) groups excluding carboxylic acids is 1. The molecule has 1 atom stereocenters. The second-order valence-electron chi connectivity index (χ2n) is 4.98. The van der Waals surface area contributed by atoms with Crippen LogP contribution in [0.3, 0.4) is 0 Å². The Bertz CT molecular complexity index is 482. The van der Waals surface area contributed by atoms with Crippen LogP contribution in [0.25, 0.3) is 0 Å². The second-order valence-corrected chi connectivity index (χ2v) is 4.98. The lowest BCUT2D eigenvalue weighted by Gasteiger charge is -2.22. The van der Waals surface area contributed by atoms with Crippen molar-refractivity contribution in [3.05, 3.63) is 24.3 Å². The number of alkyl halides is 3. The van der Waals surface area contributed by atoms with Gasteiger partial charge in [0.15, 0.2) is 0 Å². The fourth-order valence-electron chi connectivity index (χ4n) is 2.28. The number of rotatable bonds is 4. The van der Waals surface area contributed by atoms with E-state index in [9.17, 15) is 18.0 Å². The molecule has 1 saturated heterocycles. The first-order valence-corrected chi connectivity index (χ1v) is 6.76. The van der Waals surface area contributed by atoms with E-state index in [2.05, 4.69) is 15.0 Å². The van der Waals surface area contributed by atoms with Gasteiger partial charge in [-0.05, 0) is 57.1 Å². The number of nitrogens with one attached hydrogen (secondary N) is 1. The highest BCUT2D eigenvalue weighted by molar-refractivity contribution is 5.94. The van der Waals surface area contributed by atoms with E-state index >= 15 is 0 Å². The van der Waals surface area contributed by atoms with Gasteiger partial charge < -0.3 is 10.1 Å². The van der Waals surface area contributed by atoms with E-state index in [0.717, 1.165) is 25.9 Å². The molecule has 1 aromatic carbocycles. The third kappa shape index (κ3) is 4.63. The van der Waals surface area contributed by atoms with Crippen LogP contribution in [0.1, 0.15) is 19.8 Å². The summed E-state index contributed by atoms with van der Waals surface area (Å²) < 4.78 is 39.9. The van der Waals surface area contributed by atoms with Gasteiger partial charge in [-0.2, -0.15) is 0 Å². The predicted molar refractivity (Wildman–Crippen MR) is 72.0 cm³/mol. The average molecular weight is 302 g/mol. The van der Waals surface area contributed by atoms with E-state index in [-0.39, 0.29) is 17.7 Å². The number of ether oxygens (including phenoxy) is 1. The first-order chi connectivity index (χ1) is 9.85. The zero-order chi connectivity index (χ0) is 15.5. The molecule has 1 aliphatic heterocycles. The Morgan fingerprint density at radius 3 is 2.33 bits per heavy atom. The van der Waals surface area contributed by atoms with E-state index < -0.39 is 6.36 Å². The van der Waals surface area contributed by atoms with Gasteiger partial charge in [0.2, 0.25) is 5.91 Å². The zero-order valence-electron chi connectivity index (χ0n) is 11.6. The van der Waals surface area contributed by atoms with Crippen molar-refractivity contribution >= 4 is 11.6 Å². The number of hydrogen-bond donors (Lipinski definition) is 1. The number of halogens is 3. The molecule has 1 heterocycles. The minimum atomic E-state index is -4.71. The Morgan fingerprint density at radius 2 is 1.81 bits per heavy atom. The van der Waals surface area contributed by atoms with Gasteiger partial charge in [-0.1, -0.05) is 0 Å². The van der Waals surface area contributed by atoms with Crippen molar-refractivity contribution in [1.29, 1.82) is 0 Å². The van der Waals surface area contributed by atoms with Crippen LogP contribution in [0.15, 0.2) is 24.3 Å². The molecule has 1 aliphatic rings. The normalized spacial score (nSPS) is 17.5. The average Bonchev–Trinajstić information content (AvgIpc) is 2.92. The summed E-state index contributed by atoms with van der Waals surface area (Å²) in [6, 6.07) is 4.86. The summed E-state index contributed by atoms with van der Waals surface area (Å²) in [5.41, 5.74) is 0.445. The molecule has 1 amide bonds. The number of anilines is 1. The van der Waals surface area contributed by atoms with Crippen LogP contribution in [0.5, 0.6) is 5.75 Å². The van der Waals surface area contributed by atoms with Crippen molar-refractivity contribution in [3.8, 4) is 5.75 Å². The van der Waals surface area contributed by atoms with Crippen LogP contribution < -0.4 is 10.1 Å². The summed E-state index contributed by atoms with van der Waals surface area (Å²) in [7, 11) is 0. The highest BCUT2D eigenvalue weighted by atomic mass is 19.4. The Morgan fingerprint density at radius 1 is 1.24 bits per heavy atom. The van der Waals surface area contributed by atoms with Crippen LogP contribution in [-0.4, -0.2) is 36.3 Å². The number of likely N-dealkylation sites (tertiary alicyclic amines) is 1. The Hall–Kier alpha value is -1.76. The Balaban J connectivity index is 1.92. The first-order valence-electron chi connectivity index (χ1n) is 6.76. The molecule has 0 bridgehead atoms. The third-order valence-electron chi connectivity index (χ3n) is 3.42. The van der Waals surface area contributed by atoms with Crippen molar-refractivity contribution in [1.82, 2.24) is 4.90 Å². The molecular weight excluding hydrogens is 285 g/mol. The van der Waals surface area contributed by atoms with Crippen molar-refractivity contribution in [3.63, 3.8) is 0 Å². The van der Waals surface area contributed by atoms with Crippen molar-refractivity contribution < 1.29 is 22.7 Å². The summed E-state index contributed by atoms with van der Waals surface area (Å²) in [5.74, 6) is -0.477. The SMILES string of the molecule is C[C@@H](C(=O)Nc1ccc(OC(F)(F)F)cc1)N1CCCC1. The maximum atomic E-state index is 12.0. The van der Waals surface area contributed by atoms with Gasteiger partial charge >= 0.3 is 6.36 Å². The van der Waals surface area contributed by atoms with Gasteiger partial charge in [0.1, 0.15) is 5.75 Å². The molecule has 0 radical (unpaired) electrons. The smallest absolute Gasteiger partial charge is 0.406 e. The molecular formula is C14H17F3N2O2. The van der Waals surface area contributed by atoms with Crippen molar-refractivity contribution in [2.24, 2.45) is 0 Å². The van der Waals surface area contributed by atoms with Crippen LogP contribution in [0, 0.1) is 0 Å². The summed E-state index contributed by atoms with van der Waals surface area (Å²) in [5, 5.41) is 2.69. The van der Waals surface area contributed by atoms with Gasteiger partial charge in [-0.15, -0.1) is 13.2 Å². The lowest BCUT2D eigenvalue weighted by molar-refractivity contribution is -0.274. The maximum Gasteiger partial charge on any atom is 0.573 e. The first kappa shape index (κ1) is 15.6. The highest BCUT2D eigenvalue weighted by Crippen LogP contribution is 2.24. The standard InChI is InChI=1S/C14H17F3N2O2/c1-10(19-8-2-3-9-19)13(20)18-11-4-6-12(7-5-11)21-14(15,16)17/h4-7,10H,2-3,8-9H2,1H3,(H,18,20)/t10-/m0/s1. The molecule has 0 unspecified atom stereocenters. The Kier molecular flexibility index (Phi) is 4.72. The second kappa shape index (κ2) is 6.34. The predicted octanol–water partition coefficient (Wildman–Crippen LogP) is 3.01. The number of amides is 1. The molecule has 1 aromatic rings. The summed E-state index contributed by atoms with van der Waals surface area (Å²) in [6.45, 7) is 3.61. The molecule has 1 N–H and O–H groups in total. The maximum absolute atomic E-state index is 12.0. The minimum absolute atomic E-state index is 0.165. The van der Waals surface area contributed by atoms with Gasteiger partial charge in [0.25, 0.3) is 0 Å². The van der Waals surface area contributed by atoms with E-state index in [1.165, 1.54) is 24.3 Å².